The predicted molar refractivity (Wildman–Crippen MR) is 79.7 cm³/mol. The maximum Gasteiger partial charge on any atom is 0.323 e. The van der Waals surface area contributed by atoms with Gasteiger partial charge in [-0.15, -0.1) is 0 Å². The quantitative estimate of drug-likeness (QED) is 0.659. The third-order valence-electron chi connectivity index (χ3n) is 4.33. The van der Waals surface area contributed by atoms with E-state index in [1.54, 1.807) is 0 Å². The summed E-state index contributed by atoms with van der Waals surface area (Å²) in [6, 6.07) is -0.167. The summed E-state index contributed by atoms with van der Waals surface area (Å²) in [5, 5.41) is 3.06. The standard InChI is InChI=1S/C15H29N3O2/c1-3-20-15(19)14(16-2)6-7-17-8-10-18(11-9-17)12-13-4-5-13/h13-14,16H,3-12H2,1-2H3. The number of carbonyl (C=O) groups excluding carboxylic acids is 1. The van der Waals surface area contributed by atoms with Crippen LogP contribution in [0.5, 0.6) is 0 Å². The molecule has 5 heteroatoms. The van der Waals surface area contributed by atoms with Gasteiger partial charge in [0.2, 0.25) is 0 Å². The van der Waals surface area contributed by atoms with Crippen LogP contribution in [-0.2, 0) is 9.53 Å². The zero-order valence-electron chi connectivity index (χ0n) is 12.9. The van der Waals surface area contributed by atoms with Gasteiger partial charge in [0.1, 0.15) is 6.04 Å². The van der Waals surface area contributed by atoms with Crippen molar-refractivity contribution in [3.63, 3.8) is 0 Å². The Hall–Kier alpha value is -0.650. The number of nitrogens with zero attached hydrogens (tertiary/aromatic N) is 2. The lowest BCUT2D eigenvalue weighted by atomic mass is 10.2. The molecule has 0 amide bonds. The van der Waals surface area contributed by atoms with Crippen molar-refractivity contribution in [2.75, 3.05) is 52.9 Å². The largest absolute Gasteiger partial charge is 0.465 e. The van der Waals surface area contributed by atoms with Gasteiger partial charge in [-0.25, -0.2) is 0 Å². The number of rotatable bonds is 8. The first-order chi connectivity index (χ1) is 9.72. The molecule has 1 atom stereocenters. The van der Waals surface area contributed by atoms with Crippen molar-refractivity contribution in [3.05, 3.63) is 0 Å². The van der Waals surface area contributed by atoms with E-state index in [9.17, 15) is 4.79 Å². The van der Waals surface area contributed by atoms with Crippen LogP contribution in [-0.4, -0.2) is 74.7 Å². The highest BCUT2D eigenvalue weighted by atomic mass is 16.5. The summed E-state index contributed by atoms with van der Waals surface area (Å²) in [7, 11) is 1.83. The number of likely N-dealkylation sites (N-methyl/N-ethyl adjacent to an activating group) is 1. The lowest BCUT2D eigenvalue weighted by Gasteiger charge is -2.35. The summed E-state index contributed by atoms with van der Waals surface area (Å²) < 4.78 is 5.07. The molecule has 20 heavy (non-hydrogen) atoms. The Balaban J connectivity index is 1.62. The maximum atomic E-state index is 11.7. The first kappa shape index (κ1) is 15.7. The van der Waals surface area contributed by atoms with Crippen LogP contribution in [0.15, 0.2) is 0 Å². The van der Waals surface area contributed by atoms with E-state index in [1.807, 2.05) is 14.0 Å². The number of piperazine rings is 1. The van der Waals surface area contributed by atoms with Crippen molar-refractivity contribution in [1.82, 2.24) is 15.1 Å². The molecule has 0 aromatic carbocycles. The summed E-state index contributed by atoms with van der Waals surface area (Å²) in [5.41, 5.74) is 0. The molecular formula is C15H29N3O2. The molecule has 1 N–H and O–H groups in total. The Kier molecular flexibility index (Phi) is 6.26. The molecule has 1 saturated carbocycles. The van der Waals surface area contributed by atoms with Gasteiger partial charge in [-0.3, -0.25) is 4.79 Å². The zero-order valence-corrected chi connectivity index (χ0v) is 12.9. The Labute approximate surface area is 122 Å². The molecular weight excluding hydrogens is 254 g/mol. The van der Waals surface area contributed by atoms with Crippen molar-refractivity contribution in [2.24, 2.45) is 5.92 Å². The Bertz CT molecular complexity index is 299. The first-order valence-electron chi connectivity index (χ1n) is 8.01. The minimum atomic E-state index is -0.167. The molecule has 0 aromatic heterocycles. The number of ether oxygens (including phenoxy) is 1. The molecule has 0 aromatic rings. The molecule has 5 nitrogen and oxygen atoms in total. The molecule has 116 valence electrons. The summed E-state index contributed by atoms with van der Waals surface area (Å²) in [6.45, 7) is 9.20. The summed E-state index contributed by atoms with van der Waals surface area (Å²) in [4.78, 5) is 16.8. The van der Waals surface area contributed by atoms with E-state index in [0.717, 1.165) is 32.0 Å². The number of nitrogens with one attached hydrogen (secondary N) is 1. The summed E-state index contributed by atoms with van der Waals surface area (Å²) in [6.07, 6.45) is 3.70. The lowest BCUT2D eigenvalue weighted by molar-refractivity contribution is -0.145. The highest BCUT2D eigenvalue weighted by Gasteiger charge is 2.26. The van der Waals surface area contributed by atoms with Crippen molar-refractivity contribution < 1.29 is 9.53 Å². The van der Waals surface area contributed by atoms with Gasteiger partial charge in [0.25, 0.3) is 0 Å². The Morgan fingerprint density at radius 2 is 1.90 bits per heavy atom. The van der Waals surface area contributed by atoms with Gasteiger partial charge in [0.15, 0.2) is 0 Å². The van der Waals surface area contributed by atoms with E-state index in [-0.39, 0.29) is 12.0 Å². The normalized spacial score (nSPS) is 22.7. The fourth-order valence-electron chi connectivity index (χ4n) is 2.80. The van der Waals surface area contributed by atoms with Crippen LogP contribution in [0.4, 0.5) is 0 Å². The van der Waals surface area contributed by atoms with Crippen LogP contribution in [0.25, 0.3) is 0 Å². The van der Waals surface area contributed by atoms with E-state index >= 15 is 0 Å². The predicted octanol–water partition coefficient (Wildman–Crippen LogP) is 0.555. The first-order valence-corrected chi connectivity index (χ1v) is 8.01. The zero-order chi connectivity index (χ0) is 14.4. The van der Waals surface area contributed by atoms with Crippen LogP contribution in [0, 0.1) is 5.92 Å². The molecule has 1 aliphatic carbocycles. The van der Waals surface area contributed by atoms with Gasteiger partial charge >= 0.3 is 5.97 Å². The molecule has 2 rings (SSSR count). The minimum absolute atomic E-state index is 0.123. The summed E-state index contributed by atoms with van der Waals surface area (Å²) in [5.74, 6) is 0.862. The van der Waals surface area contributed by atoms with E-state index in [2.05, 4.69) is 15.1 Å². The maximum absolute atomic E-state index is 11.7. The average molecular weight is 283 g/mol. The molecule has 2 fully saturated rings. The number of esters is 1. The molecule has 1 aliphatic heterocycles. The third kappa shape index (κ3) is 5.04. The smallest absolute Gasteiger partial charge is 0.323 e. The van der Waals surface area contributed by atoms with Crippen molar-refractivity contribution >= 4 is 5.97 Å². The fraction of sp³-hybridized carbons (Fsp3) is 0.933. The second kappa shape index (κ2) is 7.96. The second-order valence-electron chi connectivity index (χ2n) is 5.97. The highest BCUT2D eigenvalue weighted by molar-refractivity contribution is 5.75. The van der Waals surface area contributed by atoms with Crippen molar-refractivity contribution in [3.8, 4) is 0 Å². The van der Waals surface area contributed by atoms with Crippen LogP contribution < -0.4 is 5.32 Å². The monoisotopic (exact) mass is 283 g/mol. The van der Waals surface area contributed by atoms with E-state index in [0.29, 0.717) is 6.61 Å². The van der Waals surface area contributed by atoms with Crippen LogP contribution in [0.3, 0.4) is 0 Å². The SMILES string of the molecule is CCOC(=O)C(CCN1CCN(CC2CC2)CC1)NC. The number of hydrogen-bond donors (Lipinski definition) is 1. The van der Waals surface area contributed by atoms with E-state index in [1.165, 1.54) is 32.5 Å². The lowest BCUT2D eigenvalue weighted by Crippen LogP contribution is -2.48. The van der Waals surface area contributed by atoms with Gasteiger partial charge in [-0.05, 0) is 39.2 Å². The molecule has 0 radical (unpaired) electrons. The van der Waals surface area contributed by atoms with Crippen molar-refractivity contribution in [2.45, 2.75) is 32.2 Å². The fourth-order valence-corrected chi connectivity index (χ4v) is 2.80. The molecule has 1 heterocycles. The Morgan fingerprint density at radius 1 is 1.25 bits per heavy atom. The number of hydrogen-bond acceptors (Lipinski definition) is 5. The highest BCUT2D eigenvalue weighted by Crippen LogP contribution is 2.29. The van der Waals surface area contributed by atoms with Crippen LogP contribution in [0.1, 0.15) is 26.2 Å². The molecule has 2 aliphatic rings. The van der Waals surface area contributed by atoms with Crippen molar-refractivity contribution in [1.29, 1.82) is 0 Å². The molecule has 1 saturated heterocycles. The minimum Gasteiger partial charge on any atom is -0.465 e. The number of carbonyl (C=O) groups is 1. The van der Waals surface area contributed by atoms with Crippen LogP contribution in [0.2, 0.25) is 0 Å². The van der Waals surface area contributed by atoms with Gasteiger partial charge in [0.05, 0.1) is 6.61 Å². The topological polar surface area (TPSA) is 44.8 Å². The molecule has 0 spiro atoms. The average Bonchev–Trinajstić information content (AvgIpc) is 3.25. The van der Waals surface area contributed by atoms with Gasteiger partial charge in [-0.2, -0.15) is 0 Å². The third-order valence-corrected chi connectivity index (χ3v) is 4.33. The van der Waals surface area contributed by atoms with Crippen LogP contribution >= 0.6 is 0 Å². The molecule has 0 bridgehead atoms. The summed E-state index contributed by atoms with van der Waals surface area (Å²) >= 11 is 0. The second-order valence-corrected chi connectivity index (χ2v) is 5.97. The van der Waals surface area contributed by atoms with Gasteiger partial charge in [-0.1, -0.05) is 0 Å². The van der Waals surface area contributed by atoms with Gasteiger partial charge in [0, 0.05) is 39.3 Å². The van der Waals surface area contributed by atoms with Gasteiger partial charge < -0.3 is 19.9 Å². The molecule has 1 unspecified atom stereocenters. The van der Waals surface area contributed by atoms with E-state index < -0.39 is 0 Å². The Morgan fingerprint density at radius 3 is 2.45 bits per heavy atom. The van der Waals surface area contributed by atoms with E-state index in [4.69, 9.17) is 4.74 Å².